The number of ketones is 1. The fourth-order valence-corrected chi connectivity index (χ4v) is 2.36. The third-order valence-corrected chi connectivity index (χ3v) is 4.18. The molecule has 2 heteroatoms. The number of methoxy groups -OCH3 is 1. The molecular formula is C14H28O2. The molecule has 0 aliphatic rings. The van der Waals surface area contributed by atoms with Crippen LogP contribution in [0.15, 0.2) is 0 Å². The Balaban J connectivity index is 5.44. The molecule has 0 aromatic rings. The van der Waals surface area contributed by atoms with Crippen molar-refractivity contribution >= 4 is 5.78 Å². The fourth-order valence-electron chi connectivity index (χ4n) is 2.36. The van der Waals surface area contributed by atoms with E-state index in [1.807, 2.05) is 34.6 Å². The van der Waals surface area contributed by atoms with Crippen LogP contribution in [-0.4, -0.2) is 18.5 Å². The molecule has 0 bridgehead atoms. The second kappa shape index (κ2) is 4.87. The lowest BCUT2D eigenvalue weighted by atomic mass is 9.62. The van der Waals surface area contributed by atoms with E-state index in [1.54, 1.807) is 7.11 Å². The van der Waals surface area contributed by atoms with Gasteiger partial charge in [0.1, 0.15) is 5.78 Å². The molecule has 0 aromatic heterocycles. The van der Waals surface area contributed by atoms with Crippen LogP contribution in [-0.2, 0) is 9.53 Å². The van der Waals surface area contributed by atoms with Gasteiger partial charge in [-0.15, -0.1) is 0 Å². The SMILES string of the molecule is CCC(C)(OC)C(C)(CC)C(=O)C(C)(C)C. The molecule has 0 rings (SSSR count). The minimum atomic E-state index is -0.422. The Morgan fingerprint density at radius 3 is 1.62 bits per heavy atom. The Kier molecular flexibility index (Phi) is 4.75. The van der Waals surface area contributed by atoms with Gasteiger partial charge in [-0.25, -0.2) is 0 Å². The first-order chi connectivity index (χ1) is 7.09. The third-order valence-electron chi connectivity index (χ3n) is 4.18. The van der Waals surface area contributed by atoms with E-state index in [-0.39, 0.29) is 16.8 Å². The molecular weight excluding hydrogens is 200 g/mol. The summed E-state index contributed by atoms with van der Waals surface area (Å²) in [7, 11) is 1.70. The minimum Gasteiger partial charge on any atom is -0.378 e. The number of hydrogen-bond acceptors (Lipinski definition) is 2. The van der Waals surface area contributed by atoms with Gasteiger partial charge in [-0.2, -0.15) is 0 Å². The molecule has 16 heavy (non-hydrogen) atoms. The molecule has 0 radical (unpaired) electrons. The monoisotopic (exact) mass is 228 g/mol. The number of ether oxygens (including phenoxy) is 1. The van der Waals surface area contributed by atoms with Crippen molar-refractivity contribution in [1.82, 2.24) is 0 Å². The van der Waals surface area contributed by atoms with Gasteiger partial charge < -0.3 is 4.74 Å². The van der Waals surface area contributed by atoms with Crippen molar-refractivity contribution in [2.45, 2.75) is 66.9 Å². The van der Waals surface area contributed by atoms with Gasteiger partial charge in [-0.1, -0.05) is 34.6 Å². The Morgan fingerprint density at radius 2 is 1.44 bits per heavy atom. The van der Waals surface area contributed by atoms with Crippen LogP contribution in [0.25, 0.3) is 0 Å². The molecule has 2 unspecified atom stereocenters. The lowest BCUT2D eigenvalue weighted by Gasteiger charge is -2.46. The lowest BCUT2D eigenvalue weighted by molar-refractivity contribution is -0.158. The first kappa shape index (κ1) is 15.6. The van der Waals surface area contributed by atoms with Gasteiger partial charge in [-0.05, 0) is 26.7 Å². The highest BCUT2D eigenvalue weighted by atomic mass is 16.5. The first-order valence-corrected chi connectivity index (χ1v) is 6.19. The fraction of sp³-hybridized carbons (Fsp3) is 0.929. The molecule has 0 heterocycles. The molecule has 2 atom stereocenters. The van der Waals surface area contributed by atoms with Gasteiger partial charge in [-0.3, -0.25) is 4.79 Å². The lowest BCUT2D eigenvalue weighted by Crippen LogP contribution is -2.53. The number of carbonyl (C=O) groups excluding carboxylic acids is 1. The summed E-state index contributed by atoms with van der Waals surface area (Å²) in [6.45, 7) is 14.2. The van der Waals surface area contributed by atoms with E-state index in [2.05, 4.69) is 13.8 Å². The topological polar surface area (TPSA) is 26.3 Å². The summed E-state index contributed by atoms with van der Waals surface area (Å²) in [6.07, 6.45) is 1.65. The zero-order valence-electron chi connectivity index (χ0n) is 12.2. The summed E-state index contributed by atoms with van der Waals surface area (Å²) in [6, 6.07) is 0. The number of rotatable bonds is 5. The maximum Gasteiger partial charge on any atom is 0.146 e. The van der Waals surface area contributed by atoms with Crippen LogP contribution < -0.4 is 0 Å². The summed E-state index contributed by atoms with van der Waals surface area (Å²) in [5, 5.41) is 0. The van der Waals surface area contributed by atoms with Gasteiger partial charge in [0.05, 0.1) is 11.0 Å². The van der Waals surface area contributed by atoms with Gasteiger partial charge >= 0.3 is 0 Å². The van der Waals surface area contributed by atoms with Crippen LogP contribution in [0.2, 0.25) is 0 Å². The summed E-state index contributed by atoms with van der Waals surface area (Å²) < 4.78 is 5.64. The van der Waals surface area contributed by atoms with E-state index in [4.69, 9.17) is 4.74 Å². The van der Waals surface area contributed by atoms with Crippen LogP contribution in [0.5, 0.6) is 0 Å². The Hall–Kier alpha value is -0.370. The number of Topliss-reactive ketones (excluding diaryl/α,β-unsaturated/α-hetero) is 1. The molecule has 0 aromatic carbocycles. The van der Waals surface area contributed by atoms with Crippen molar-refractivity contribution in [3.05, 3.63) is 0 Å². The average molecular weight is 228 g/mol. The van der Waals surface area contributed by atoms with Crippen molar-refractivity contribution in [2.24, 2.45) is 10.8 Å². The summed E-state index contributed by atoms with van der Waals surface area (Å²) in [4.78, 5) is 12.6. The van der Waals surface area contributed by atoms with Crippen molar-refractivity contribution in [2.75, 3.05) is 7.11 Å². The number of hydrogen-bond donors (Lipinski definition) is 0. The van der Waals surface area contributed by atoms with E-state index >= 15 is 0 Å². The van der Waals surface area contributed by atoms with Crippen LogP contribution in [0.4, 0.5) is 0 Å². The largest absolute Gasteiger partial charge is 0.378 e. The maximum absolute atomic E-state index is 12.6. The highest BCUT2D eigenvalue weighted by molar-refractivity contribution is 5.90. The molecule has 0 aliphatic heterocycles. The second-order valence-corrected chi connectivity index (χ2v) is 6.05. The number of carbonyl (C=O) groups is 1. The second-order valence-electron chi connectivity index (χ2n) is 6.05. The first-order valence-electron chi connectivity index (χ1n) is 6.19. The van der Waals surface area contributed by atoms with Crippen LogP contribution in [0.1, 0.15) is 61.3 Å². The predicted octanol–water partition coefficient (Wildman–Crippen LogP) is 3.83. The molecule has 0 aliphatic carbocycles. The average Bonchev–Trinajstić information content (AvgIpc) is 2.24. The van der Waals surface area contributed by atoms with Crippen LogP contribution in [0.3, 0.4) is 0 Å². The van der Waals surface area contributed by atoms with E-state index in [1.165, 1.54) is 0 Å². The smallest absolute Gasteiger partial charge is 0.146 e. The van der Waals surface area contributed by atoms with Gasteiger partial charge in [0.25, 0.3) is 0 Å². The molecule has 0 saturated carbocycles. The van der Waals surface area contributed by atoms with E-state index in [9.17, 15) is 4.79 Å². The van der Waals surface area contributed by atoms with Crippen molar-refractivity contribution in [3.63, 3.8) is 0 Å². The molecule has 96 valence electrons. The molecule has 0 amide bonds. The molecule has 2 nitrogen and oxygen atoms in total. The van der Waals surface area contributed by atoms with E-state index < -0.39 is 5.41 Å². The van der Waals surface area contributed by atoms with E-state index in [0.29, 0.717) is 0 Å². The molecule has 0 spiro atoms. The van der Waals surface area contributed by atoms with Gasteiger partial charge in [0.2, 0.25) is 0 Å². The normalized spacial score (nSPS) is 20.0. The molecule has 0 saturated heterocycles. The predicted molar refractivity (Wildman–Crippen MR) is 68.6 cm³/mol. The van der Waals surface area contributed by atoms with Crippen LogP contribution in [0, 0.1) is 10.8 Å². The van der Waals surface area contributed by atoms with Crippen LogP contribution >= 0.6 is 0 Å². The zero-order chi connectivity index (χ0) is 13.2. The zero-order valence-corrected chi connectivity index (χ0v) is 12.2. The van der Waals surface area contributed by atoms with Gasteiger partial charge in [0.15, 0.2) is 0 Å². The maximum atomic E-state index is 12.6. The Bertz CT molecular complexity index is 246. The minimum absolute atomic E-state index is 0.286. The molecule has 0 N–H and O–H groups in total. The van der Waals surface area contributed by atoms with Gasteiger partial charge in [0, 0.05) is 12.5 Å². The molecule has 0 fully saturated rings. The Morgan fingerprint density at radius 1 is 1.00 bits per heavy atom. The van der Waals surface area contributed by atoms with Crippen molar-refractivity contribution in [1.29, 1.82) is 0 Å². The summed E-state index contributed by atoms with van der Waals surface area (Å²) in [5.41, 5.74) is -1.12. The highest BCUT2D eigenvalue weighted by Gasteiger charge is 2.50. The quantitative estimate of drug-likeness (QED) is 0.714. The summed E-state index contributed by atoms with van der Waals surface area (Å²) in [5.74, 6) is 0.286. The van der Waals surface area contributed by atoms with E-state index in [0.717, 1.165) is 12.8 Å². The summed E-state index contributed by atoms with van der Waals surface area (Å²) >= 11 is 0. The highest BCUT2D eigenvalue weighted by Crippen LogP contribution is 2.44. The Labute approximate surface area is 101 Å². The van der Waals surface area contributed by atoms with Crippen molar-refractivity contribution < 1.29 is 9.53 Å². The third kappa shape index (κ3) is 2.48. The van der Waals surface area contributed by atoms with Crippen molar-refractivity contribution in [3.8, 4) is 0 Å². The standard InChI is InChI=1S/C14H28O2/c1-9-13(6,11(15)12(3,4)5)14(7,10-2)16-8/h9-10H2,1-8H3.